The average molecular weight is 354 g/mol. The zero-order chi connectivity index (χ0) is 16.6. The first kappa shape index (κ1) is 18.7. The van der Waals surface area contributed by atoms with E-state index >= 15 is 0 Å². The van der Waals surface area contributed by atoms with Crippen LogP contribution in [0.5, 0.6) is 0 Å². The lowest BCUT2D eigenvalue weighted by atomic mass is 9.97. The van der Waals surface area contributed by atoms with Crippen LogP contribution in [-0.2, 0) is 6.42 Å². The van der Waals surface area contributed by atoms with Crippen molar-refractivity contribution in [2.45, 2.75) is 57.2 Å². The van der Waals surface area contributed by atoms with Crippen molar-refractivity contribution in [3.8, 4) is 0 Å². The van der Waals surface area contributed by atoms with Gasteiger partial charge in [0.2, 0.25) is 0 Å². The number of nitro groups is 1. The van der Waals surface area contributed by atoms with E-state index in [0.717, 1.165) is 12.8 Å². The molecule has 2 unspecified atom stereocenters. The Hall–Kier alpha value is -1.66. The van der Waals surface area contributed by atoms with Crippen molar-refractivity contribution >= 4 is 24.0 Å². The molecule has 0 spiro atoms. The highest BCUT2D eigenvalue weighted by Crippen LogP contribution is 2.30. The molecule has 1 N–H and O–H groups in total. The van der Waals surface area contributed by atoms with Gasteiger partial charge in [0.25, 0.3) is 11.6 Å². The standard InChI is InChI=1S/C17H23N3O3.ClH/c1-3-11-4-5-12(8-16(11)20(22)23)17(21)19(2)15-9-13-6-7-14(10-15)18-13;/h4-5,8,13-15,18H,3,6-7,9-10H2,1-2H3;1H. The van der Waals surface area contributed by atoms with Crippen molar-refractivity contribution in [3.05, 3.63) is 39.4 Å². The maximum atomic E-state index is 12.7. The van der Waals surface area contributed by atoms with Crippen molar-refractivity contribution in [1.29, 1.82) is 0 Å². The lowest BCUT2D eigenvalue weighted by molar-refractivity contribution is -0.385. The first-order valence-electron chi connectivity index (χ1n) is 8.30. The Morgan fingerprint density at radius 3 is 2.50 bits per heavy atom. The van der Waals surface area contributed by atoms with E-state index in [1.54, 1.807) is 17.0 Å². The van der Waals surface area contributed by atoms with E-state index in [4.69, 9.17) is 0 Å². The molecule has 2 aliphatic rings. The van der Waals surface area contributed by atoms with Crippen LogP contribution in [0.25, 0.3) is 0 Å². The van der Waals surface area contributed by atoms with Crippen molar-refractivity contribution in [2.75, 3.05) is 7.05 Å². The monoisotopic (exact) mass is 353 g/mol. The number of hydrogen-bond donors (Lipinski definition) is 1. The second-order valence-corrected chi connectivity index (χ2v) is 6.63. The molecule has 0 radical (unpaired) electrons. The second kappa shape index (κ2) is 7.49. The summed E-state index contributed by atoms with van der Waals surface area (Å²) >= 11 is 0. The molecular weight excluding hydrogens is 330 g/mol. The number of aryl methyl sites for hydroxylation is 1. The summed E-state index contributed by atoms with van der Waals surface area (Å²) in [4.78, 5) is 25.3. The maximum Gasteiger partial charge on any atom is 0.273 e. The number of halogens is 1. The number of amides is 1. The summed E-state index contributed by atoms with van der Waals surface area (Å²) in [5.74, 6) is -0.123. The number of carbonyl (C=O) groups is 1. The van der Waals surface area contributed by atoms with Gasteiger partial charge in [-0.15, -0.1) is 12.4 Å². The average Bonchev–Trinajstić information content (AvgIpc) is 2.90. The molecule has 1 aromatic carbocycles. The molecule has 2 heterocycles. The summed E-state index contributed by atoms with van der Waals surface area (Å²) in [7, 11) is 1.82. The largest absolute Gasteiger partial charge is 0.339 e. The number of carbonyl (C=O) groups excluding carboxylic acids is 1. The number of benzene rings is 1. The van der Waals surface area contributed by atoms with Gasteiger partial charge >= 0.3 is 0 Å². The van der Waals surface area contributed by atoms with Crippen LogP contribution in [0, 0.1) is 10.1 Å². The fourth-order valence-electron chi connectivity index (χ4n) is 3.88. The highest BCUT2D eigenvalue weighted by atomic mass is 35.5. The van der Waals surface area contributed by atoms with Crippen LogP contribution in [0.15, 0.2) is 18.2 Å². The third-order valence-corrected chi connectivity index (χ3v) is 5.23. The smallest absolute Gasteiger partial charge is 0.273 e. The quantitative estimate of drug-likeness (QED) is 0.667. The number of nitro benzene ring substituents is 1. The summed E-state index contributed by atoms with van der Waals surface area (Å²) in [5.41, 5.74) is 1.11. The van der Waals surface area contributed by atoms with Crippen molar-refractivity contribution in [1.82, 2.24) is 10.2 Å². The van der Waals surface area contributed by atoms with Crippen molar-refractivity contribution < 1.29 is 9.72 Å². The molecular formula is C17H24ClN3O3. The highest BCUT2D eigenvalue weighted by molar-refractivity contribution is 5.95. The molecule has 2 fully saturated rings. The van der Waals surface area contributed by atoms with Gasteiger partial charge in [0.05, 0.1) is 4.92 Å². The molecule has 0 aliphatic carbocycles. The predicted octanol–water partition coefficient (Wildman–Crippen LogP) is 2.93. The van der Waals surface area contributed by atoms with E-state index in [2.05, 4.69) is 5.32 Å². The molecule has 1 aromatic rings. The summed E-state index contributed by atoms with van der Waals surface area (Å²) < 4.78 is 0. The number of hydrogen-bond acceptors (Lipinski definition) is 4. The van der Waals surface area contributed by atoms with Gasteiger partial charge < -0.3 is 10.2 Å². The van der Waals surface area contributed by atoms with Gasteiger partial charge in [0, 0.05) is 42.4 Å². The molecule has 2 saturated heterocycles. The van der Waals surface area contributed by atoms with Gasteiger partial charge in [-0.1, -0.05) is 13.0 Å². The lowest BCUT2D eigenvalue weighted by Crippen LogP contribution is -2.48. The Labute approximate surface area is 148 Å². The molecule has 7 heteroatoms. The van der Waals surface area contributed by atoms with Crippen molar-refractivity contribution in [3.63, 3.8) is 0 Å². The maximum absolute atomic E-state index is 12.7. The summed E-state index contributed by atoms with van der Waals surface area (Å²) in [6.07, 6.45) is 4.87. The Bertz CT molecular complexity index is 626. The number of nitrogens with one attached hydrogen (secondary N) is 1. The van der Waals surface area contributed by atoms with Crippen LogP contribution in [0.4, 0.5) is 5.69 Å². The molecule has 2 bridgehead atoms. The van der Waals surface area contributed by atoms with E-state index in [9.17, 15) is 14.9 Å². The minimum atomic E-state index is -0.402. The van der Waals surface area contributed by atoms with E-state index < -0.39 is 4.92 Å². The van der Waals surface area contributed by atoms with Gasteiger partial charge in [0.15, 0.2) is 0 Å². The van der Waals surface area contributed by atoms with Crippen molar-refractivity contribution in [2.24, 2.45) is 0 Å². The minimum Gasteiger partial charge on any atom is -0.339 e. The molecule has 2 aliphatic heterocycles. The third-order valence-electron chi connectivity index (χ3n) is 5.23. The topological polar surface area (TPSA) is 75.5 Å². The Morgan fingerprint density at radius 1 is 1.33 bits per heavy atom. The fourth-order valence-corrected chi connectivity index (χ4v) is 3.88. The van der Waals surface area contributed by atoms with E-state index in [0.29, 0.717) is 29.6 Å². The summed E-state index contributed by atoms with van der Waals surface area (Å²) in [6, 6.07) is 6.06. The molecule has 132 valence electrons. The van der Waals surface area contributed by atoms with Crippen LogP contribution < -0.4 is 5.32 Å². The van der Waals surface area contributed by atoms with Gasteiger partial charge in [-0.25, -0.2) is 0 Å². The number of fused-ring (bicyclic) bond motifs is 2. The summed E-state index contributed by atoms with van der Waals surface area (Å²) in [6.45, 7) is 1.88. The van der Waals surface area contributed by atoms with E-state index in [1.807, 2.05) is 14.0 Å². The van der Waals surface area contributed by atoms with Gasteiger partial charge in [-0.05, 0) is 38.2 Å². The molecule has 1 amide bonds. The fraction of sp³-hybridized carbons (Fsp3) is 0.588. The molecule has 2 atom stereocenters. The van der Waals surface area contributed by atoms with E-state index in [1.165, 1.54) is 18.9 Å². The Kier molecular flexibility index (Phi) is 5.83. The summed E-state index contributed by atoms with van der Waals surface area (Å²) in [5, 5.41) is 14.8. The molecule has 6 nitrogen and oxygen atoms in total. The van der Waals surface area contributed by atoms with Gasteiger partial charge in [0.1, 0.15) is 0 Å². The van der Waals surface area contributed by atoms with Crippen LogP contribution in [0.1, 0.15) is 48.5 Å². The Balaban J connectivity index is 0.00000208. The lowest BCUT2D eigenvalue weighted by Gasteiger charge is -2.35. The van der Waals surface area contributed by atoms with E-state index in [-0.39, 0.29) is 30.0 Å². The normalized spacial score (nSPS) is 25.0. The molecule has 0 saturated carbocycles. The van der Waals surface area contributed by atoms with Crippen LogP contribution in [-0.4, -0.2) is 40.9 Å². The molecule has 0 aromatic heterocycles. The first-order valence-corrected chi connectivity index (χ1v) is 8.30. The minimum absolute atomic E-state index is 0. The number of piperidine rings is 1. The SMILES string of the molecule is CCc1ccc(C(=O)N(C)C2CC3CCC(C2)N3)cc1[N+](=O)[O-].Cl. The molecule has 3 rings (SSSR count). The third kappa shape index (κ3) is 3.54. The predicted molar refractivity (Wildman–Crippen MR) is 94.8 cm³/mol. The zero-order valence-electron chi connectivity index (χ0n) is 14.0. The highest BCUT2D eigenvalue weighted by Gasteiger charge is 2.36. The zero-order valence-corrected chi connectivity index (χ0v) is 14.8. The van der Waals surface area contributed by atoms with Crippen LogP contribution in [0.3, 0.4) is 0 Å². The van der Waals surface area contributed by atoms with Crippen LogP contribution in [0.2, 0.25) is 0 Å². The van der Waals surface area contributed by atoms with Gasteiger partial charge in [-0.3, -0.25) is 14.9 Å². The number of rotatable bonds is 4. The Morgan fingerprint density at radius 2 is 1.96 bits per heavy atom. The number of nitrogens with zero attached hydrogens (tertiary/aromatic N) is 2. The first-order chi connectivity index (χ1) is 11.0. The van der Waals surface area contributed by atoms with Gasteiger partial charge in [-0.2, -0.15) is 0 Å². The molecule has 24 heavy (non-hydrogen) atoms. The second-order valence-electron chi connectivity index (χ2n) is 6.63. The van der Waals surface area contributed by atoms with Crippen LogP contribution >= 0.6 is 12.4 Å².